The van der Waals surface area contributed by atoms with Crippen molar-refractivity contribution in [2.75, 3.05) is 17.2 Å². The molecule has 0 saturated heterocycles. The summed E-state index contributed by atoms with van der Waals surface area (Å²) >= 11 is 3.69. The van der Waals surface area contributed by atoms with Gasteiger partial charge in [-0.05, 0) is 23.6 Å². The second kappa shape index (κ2) is 6.72. The highest BCUT2D eigenvalue weighted by atomic mass is 79.9. The van der Waals surface area contributed by atoms with Crippen LogP contribution in [0.3, 0.4) is 0 Å². The van der Waals surface area contributed by atoms with E-state index in [9.17, 15) is 0 Å². The molecule has 0 amide bonds. The monoisotopic (exact) mass is 412 g/mol. The molecule has 6 nitrogen and oxygen atoms in total. The summed E-state index contributed by atoms with van der Waals surface area (Å²) in [6, 6.07) is 12.5. The van der Waals surface area contributed by atoms with E-state index in [4.69, 9.17) is 5.73 Å². The molecular weight excluding hydrogens is 392 g/mol. The molecule has 1 aliphatic heterocycles. The van der Waals surface area contributed by atoms with E-state index < -0.39 is 0 Å². The van der Waals surface area contributed by atoms with Crippen LogP contribution in [0.5, 0.6) is 0 Å². The van der Waals surface area contributed by atoms with Gasteiger partial charge in [0, 0.05) is 23.3 Å². The molecule has 1 aliphatic rings. The molecule has 1 atom stereocenters. The zero-order chi connectivity index (χ0) is 18.3. The smallest absolute Gasteiger partial charge is 0.222 e. The quantitative estimate of drug-likeness (QED) is 0.708. The van der Waals surface area contributed by atoms with Crippen LogP contribution < -0.4 is 10.6 Å². The van der Waals surface area contributed by atoms with Crippen LogP contribution in [0.15, 0.2) is 47.1 Å². The molecule has 2 N–H and O–H groups in total. The first-order chi connectivity index (χ1) is 12.5. The molecular formula is C19H21BrN6. The normalized spacial score (nSPS) is 16.8. The molecule has 0 radical (unpaired) electrons. The number of hydrogen-bond acceptors (Lipinski definition) is 5. The van der Waals surface area contributed by atoms with Crippen molar-refractivity contribution in [1.29, 1.82) is 0 Å². The Morgan fingerprint density at radius 1 is 1.19 bits per heavy atom. The van der Waals surface area contributed by atoms with Crippen molar-refractivity contribution in [3.05, 3.63) is 64.0 Å². The first-order valence-electron chi connectivity index (χ1n) is 8.69. The molecule has 1 aromatic carbocycles. The molecule has 2 aromatic heterocycles. The fraction of sp³-hybridized carbons (Fsp3) is 0.316. The van der Waals surface area contributed by atoms with E-state index in [-0.39, 0.29) is 6.04 Å². The number of halogens is 1. The second-order valence-corrected chi connectivity index (χ2v) is 7.70. The molecule has 26 heavy (non-hydrogen) atoms. The van der Waals surface area contributed by atoms with Crippen LogP contribution in [-0.2, 0) is 6.54 Å². The summed E-state index contributed by atoms with van der Waals surface area (Å²) in [7, 11) is 0. The molecule has 1 unspecified atom stereocenters. The van der Waals surface area contributed by atoms with E-state index in [1.807, 2.05) is 18.3 Å². The minimum Gasteiger partial charge on any atom is -0.368 e. The van der Waals surface area contributed by atoms with Gasteiger partial charge in [0.25, 0.3) is 0 Å². The summed E-state index contributed by atoms with van der Waals surface area (Å²) < 4.78 is 3.18. The number of nitrogen functional groups attached to an aromatic ring is 1. The van der Waals surface area contributed by atoms with Gasteiger partial charge in [-0.3, -0.25) is 4.68 Å². The largest absolute Gasteiger partial charge is 0.368 e. The summed E-state index contributed by atoms with van der Waals surface area (Å²) in [4.78, 5) is 11.1. The first kappa shape index (κ1) is 17.0. The molecule has 0 fully saturated rings. The van der Waals surface area contributed by atoms with Crippen LogP contribution >= 0.6 is 15.9 Å². The van der Waals surface area contributed by atoms with Crippen LogP contribution in [0.1, 0.15) is 42.8 Å². The Morgan fingerprint density at radius 2 is 2.00 bits per heavy atom. The fourth-order valence-corrected chi connectivity index (χ4v) is 3.92. The summed E-state index contributed by atoms with van der Waals surface area (Å²) in [5, 5.41) is 4.56. The Kier molecular flexibility index (Phi) is 4.40. The van der Waals surface area contributed by atoms with Crippen molar-refractivity contribution < 1.29 is 0 Å². The van der Waals surface area contributed by atoms with E-state index >= 15 is 0 Å². The number of nitrogens with two attached hydrogens (primary N) is 1. The number of benzene rings is 1. The summed E-state index contributed by atoms with van der Waals surface area (Å²) in [6.45, 7) is 5.74. The Labute approximate surface area is 161 Å². The van der Waals surface area contributed by atoms with Crippen molar-refractivity contribution in [3.63, 3.8) is 0 Å². The maximum absolute atomic E-state index is 5.97. The standard InChI is InChI=1S/C19H21BrN6/c1-12(2)16-9-18(24-19(21)23-16)25-10-13-7-8-22-26(13)17(11-25)14-5-3-4-6-15(14)20/h3-9,12,17H,10-11H2,1-2H3,(H2,21,23,24). The number of rotatable bonds is 3. The average molecular weight is 413 g/mol. The molecule has 0 spiro atoms. The van der Waals surface area contributed by atoms with Crippen molar-refractivity contribution in [1.82, 2.24) is 19.7 Å². The SMILES string of the molecule is CC(C)c1cc(N2Cc3ccnn3C(c3ccccc3Br)C2)nc(N)n1. The molecule has 3 aromatic rings. The number of aromatic nitrogens is 4. The van der Waals surface area contributed by atoms with Gasteiger partial charge in [0.05, 0.1) is 24.0 Å². The third kappa shape index (κ3) is 3.07. The predicted octanol–water partition coefficient (Wildman–Crippen LogP) is 3.75. The van der Waals surface area contributed by atoms with Crippen LogP contribution in [0.2, 0.25) is 0 Å². The molecule has 0 bridgehead atoms. The van der Waals surface area contributed by atoms with Crippen molar-refractivity contribution in [2.45, 2.75) is 32.4 Å². The topological polar surface area (TPSA) is 72.9 Å². The first-order valence-corrected chi connectivity index (χ1v) is 9.48. The van der Waals surface area contributed by atoms with E-state index in [0.29, 0.717) is 11.9 Å². The number of nitrogens with zero attached hydrogens (tertiary/aromatic N) is 5. The number of hydrogen-bond donors (Lipinski definition) is 1. The molecule has 0 aliphatic carbocycles. The van der Waals surface area contributed by atoms with E-state index in [1.54, 1.807) is 0 Å². The van der Waals surface area contributed by atoms with Gasteiger partial charge in [-0.25, -0.2) is 4.98 Å². The highest BCUT2D eigenvalue weighted by Crippen LogP contribution is 2.33. The van der Waals surface area contributed by atoms with Gasteiger partial charge in [-0.2, -0.15) is 10.1 Å². The van der Waals surface area contributed by atoms with Crippen LogP contribution in [-0.4, -0.2) is 26.3 Å². The molecule has 7 heteroatoms. The molecule has 3 heterocycles. The minimum atomic E-state index is 0.100. The predicted molar refractivity (Wildman–Crippen MR) is 106 cm³/mol. The molecule has 0 saturated carbocycles. The zero-order valence-electron chi connectivity index (χ0n) is 14.8. The maximum Gasteiger partial charge on any atom is 0.222 e. The fourth-order valence-electron chi connectivity index (χ4n) is 3.37. The van der Waals surface area contributed by atoms with Crippen molar-refractivity contribution in [3.8, 4) is 0 Å². The van der Waals surface area contributed by atoms with E-state index in [1.165, 1.54) is 5.56 Å². The lowest BCUT2D eigenvalue weighted by atomic mass is 10.0. The van der Waals surface area contributed by atoms with Crippen LogP contribution in [0, 0.1) is 0 Å². The van der Waals surface area contributed by atoms with Gasteiger partial charge in [-0.1, -0.05) is 48.0 Å². The second-order valence-electron chi connectivity index (χ2n) is 6.85. The third-order valence-corrected chi connectivity index (χ3v) is 5.45. The van der Waals surface area contributed by atoms with Gasteiger partial charge in [0.15, 0.2) is 0 Å². The van der Waals surface area contributed by atoms with Crippen molar-refractivity contribution in [2.24, 2.45) is 0 Å². The van der Waals surface area contributed by atoms with E-state index in [0.717, 1.165) is 34.8 Å². The maximum atomic E-state index is 5.97. The Morgan fingerprint density at radius 3 is 2.77 bits per heavy atom. The van der Waals surface area contributed by atoms with Crippen LogP contribution in [0.4, 0.5) is 11.8 Å². The number of anilines is 2. The minimum absolute atomic E-state index is 0.100. The zero-order valence-corrected chi connectivity index (χ0v) is 16.4. The molecule has 134 valence electrons. The highest BCUT2D eigenvalue weighted by Gasteiger charge is 2.29. The Balaban J connectivity index is 1.76. The lowest BCUT2D eigenvalue weighted by Crippen LogP contribution is -2.39. The Bertz CT molecular complexity index is 935. The lowest BCUT2D eigenvalue weighted by molar-refractivity contribution is 0.447. The van der Waals surface area contributed by atoms with Gasteiger partial charge < -0.3 is 10.6 Å². The van der Waals surface area contributed by atoms with Crippen molar-refractivity contribution >= 4 is 27.7 Å². The third-order valence-electron chi connectivity index (χ3n) is 4.72. The highest BCUT2D eigenvalue weighted by molar-refractivity contribution is 9.10. The van der Waals surface area contributed by atoms with E-state index in [2.05, 4.69) is 78.7 Å². The summed E-state index contributed by atoms with van der Waals surface area (Å²) in [6.07, 6.45) is 1.86. The van der Waals surface area contributed by atoms with Gasteiger partial charge in [-0.15, -0.1) is 0 Å². The number of fused-ring (bicyclic) bond motifs is 1. The lowest BCUT2D eigenvalue weighted by Gasteiger charge is -2.35. The summed E-state index contributed by atoms with van der Waals surface area (Å²) in [5.74, 6) is 1.49. The van der Waals surface area contributed by atoms with Crippen LogP contribution in [0.25, 0.3) is 0 Å². The Hall–Kier alpha value is -2.41. The summed E-state index contributed by atoms with van der Waals surface area (Å²) in [5.41, 5.74) is 9.29. The van der Waals surface area contributed by atoms with Gasteiger partial charge in [0.2, 0.25) is 5.95 Å². The average Bonchev–Trinajstić information content (AvgIpc) is 3.09. The van der Waals surface area contributed by atoms with Gasteiger partial charge >= 0.3 is 0 Å². The van der Waals surface area contributed by atoms with Gasteiger partial charge in [0.1, 0.15) is 5.82 Å². The molecule has 4 rings (SSSR count).